The summed E-state index contributed by atoms with van der Waals surface area (Å²) < 4.78 is 1.81. The van der Waals surface area contributed by atoms with Crippen molar-refractivity contribution in [2.75, 3.05) is 0 Å². The predicted octanol–water partition coefficient (Wildman–Crippen LogP) is 3.04. The molecule has 0 amide bonds. The molecule has 1 fully saturated rings. The molecular formula is C11H12ClN3. The molecule has 78 valence electrons. The summed E-state index contributed by atoms with van der Waals surface area (Å²) in [5, 5.41) is 5.20. The van der Waals surface area contributed by atoms with E-state index >= 15 is 0 Å². The van der Waals surface area contributed by atoms with E-state index in [0.717, 1.165) is 11.5 Å². The lowest BCUT2D eigenvalue weighted by atomic mass is 10.1. The Labute approximate surface area is 93.1 Å². The van der Waals surface area contributed by atoms with Crippen LogP contribution < -0.4 is 0 Å². The van der Waals surface area contributed by atoms with Crippen molar-refractivity contribution < 1.29 is 0 Å². The summed E-state index contributed by atoms with van der Waals surface area (Å²) in [5.41, 5.74) is 0.851. The van der Waals surface area contributed by atoms with Gasteiger partial charge in [-0.15, -0.1) is 0 Å². The van der Waals surface area contributed by atoms with E-state index in [1.54, 1.807) is 4.52 Å². The third-order valence-corrected chi connectivity index (χ3v) is 3.27. The zero-order valence-corrected chi connectivity index (χ0v) is 9.11. The lowest BCUT2D eigenvalue weighted by molar-refractivity contribution is 0.666. The Morgan fingerprint density at radius 3 is 2.93 bits per heavy atom. The topological polar surface area (TPSA) is 30.2 Å². The minimum absolute atomic E-state index is 0.559. The van der Waals surface area contributed by atoms with Crippen LogP contribution in [0.4, 0.5) is 0 Å². The molecule has 0 spiro atoms. The molecule has 15 heavy (non-hydrogen) atoms. The Morgan fingerprint density at radius 2 is 2.13 bits per heavy atom. The lowest BCUT2D eigenvalue weighted by Crippen LogP contribution is -1.95. The highest BCUT2D eigenvalue weighted by Crippen LogP contribution is 2.32. The van der Waals surface area contributed by atoms with Crippen LogP contribution in [-0.2, 0) is 0 Å². The summed E-state index contributed by atoms with van der Waals surface area (Å²) >= 11 is 5.91. The second kappa shape index (κ2) is 3.49. The highest BCUT2D eigenvalue weighted by Gasteiger charge is 2.21. The number of aromatic nitrogens is 3. The van der Waals surface area contributed by atoms with E-state index in [9.17, 15) is 0 Å². The van der Waals surface area contributed by atoms with Gasteiger partial charge in [0.1, 0.15) is 0 Å². The molecule has 3 rings (SSSR count). The SMILES string of the molecule is Clc1ccn2nc(C3CCCC3)nc2c1. The van der Waals surface area contributed by atoms with Gasteiger partial charge in [-0.2, -0.15) is 5.10 Å². The quantitative estimate of drug-likeness (QED) is 0.741. The number of halogens is 1. The fraction of sp³-hybridized carbons (Fsp3) is 0.455. The van der Waals surface area contributed by atoms with Gasteiger partial charge >= 0.3 is 0 Å². The smallest absolute Gasteiger partial charge is 0.157 e. The molecule has 0 bridgehead atoms. The normalized spacial score (nSPS) is 17.7. The number of rotatable bonds is 1. The molecule has 4 heteroatoms. The predicted molar refractivity (Wildman–Crippen MR) is 59.2 cm³/mol. The monoisotopic (exact) mass is 221 g/mol. The summed E-state index contributed by atoms with van der Waals surface area (Å²) in [6.07, 6.45) is 6.93. The van der Waals surface area contributed by atoms with Crippen molar-refractivity contribution >= 4 is 17.2 Å². The van der Waals surface area contributed by atoms with Gasteiger partial charge in [-0.25, -0.2) is 9.50 Å². The first-order valence-electron chi connectivity index (χ1n) is 5.35. The summed E-state index contributed by atoms with van der Waals surface area (Å²) in [6, 6.07) is 3.69. The van der Waals surface area contributed by atoms with Crippen LogP contribution in [0, 0.1) is 0 Å². The van der Waals surface area contributed by atoms with Crippen molar-refractivity contribution in [3.05, 3.63) is 29.2 Å². The van der Waals surface area contributed by atoms with Gasteiger partial charge in [0, 0.05) is 23.2 Å². The van der Waals surface area contributed by atoms with Crippen molar-refractivity contribution in [2.24, 2.45) is 0 Å². The lowest BCUT2D eigenvalue weighted by Gasteiger charge is -2.00. The van der Waals surface area contributed by atoms with Crippen molar-refractivity contribution in [1.29, 1.82) is 0 Å². The highest BCUT2D eigenvalue weighted by molar-refractivity contribution is 6.30. The Kier molecular flexibility index (Phi) is 2.13. The highest BCUT2D eigenvalue weighted by atomic mass is 35.5. The van der Waals surface area contributed by atoms with Crippen molar-refractivity contribution in [3.63, 3.8) is 0 Å². The Morgan fingerprint density at radius 1 is 1.33 bits per heavy atom. The zero-order chi connectivity index (χ0) is 10.3. The molecule has 2 aromatic heterocycles. The molecule has 0 atom stereocenters. The third-order valence-electron chi connectivity index (χ3n) is 3.04. The van der Waals surface area contributed by atoms with Gasteiger partial charge in [-0.05, 0) is 18.9 Å². The van der Waals surface area contributed by atoms with Gasteiger partial charge < -0.3 is 0 Å². The minimum Gasteiger partial charge on any atom is -0.221 e. The maximum atomic E-state index is 5.91. The maximum absolute atomic E-state index is 5.91. The first-order chi connectivity index (χ1) is 7.33. The fourth-order valence-electron chi connectivity index (χ4n) is 2.23. The number of fused-ring (bicyclic) bond motifs is 1. The first kappa shape index (κ1) is 9.16. The van der Waals surface area contributed by atoms with E-state index in [4.69, 9.17) is 11.6 Å². The molecule has 0 unspecified atom stereocenters. The van der Waals surface area contributed by atoms with Crippen LogP contribution in [0.25, 0.3) is 5.65 Å². The van der Waals surface area contributed by atoms with Crippen LogP contribution in [0.5, 0.6) is 0 Å². The Hall–Kier alpha value is -1.09. The molecule has 1 aliphatic carbocycles. The molecule has 0 saturated heterocycles. The van der Waals surface area contributed by atoms with E-state index in [1.165, 1.54) is 25.7 Å². The second-order valence-corrected chi connectivity index (χ2v) is 4.54. The Balaban J connectivity index is 2.05. The van der Waals surface area contributed by atoms with Crippen LogP contribution in [0.2, 0.25) is 5.02 Å². The van der Waals surface area contributed by atoms with Crippen molar-refractivity contribution in [3.8, 4) is 0 Å². The van der Waals surface area contributed by atoms with Crippen LogP contribution in [-0.4, -0.2) is 14.6 Å². The molecule has 0 aromatic carbocycles. The van der Waals surface area contributed by atoms with E-state index in [-0.39, 0.29) is 0 Å². The first-order valence-corrected chi connectivity index (χ1v) is 5.72. The van der Waals surface area contributed by atoms with Crippen LogP contribution in [0.1, 0.15) is 37.4 Å². The standard InChI is InChI=1S/C11H12ClN3/c12-9-5-6-15-10(7-9)13-11(14-15)8-3-1-2-4-8/h5-8H,1-4H2. The molecule has 3 nitrogen and oxygen atoms in total. The summed E-state index contributed by atoms with van der Waals surface area (Å²) in [5.74, 6) is 1.54. The molecule has 2 heterocycles. The van der Waals surface area contributed by atoms with Gasteiger partial charge in [0.25, 0.3) is 0 Å². The van der Waals surface area contributed by atoms with E-state index in [2.05, 4.69) is 10.1 Å². The number of hydrogen-bond acceptors (Lipinski definition) is 2. The summed E-state index contributed by atoms with van der Waals surface area (Å²) in [7, 11) is 0. The van der Waals surface area contributed by atoms with Crippen molar-refractivity contribution in [2.45, 2.75) is 31.6 Å². The molecule has 1 saturated carbocycles. The zero-order valence-electron chi connectivity index (χ0n) is 8.36. The number of pyridine rings is 1. The van der Waals surface area contributed by atoms with Crippen LogP contribution in [0.15, 0.2) is 18.3 Å². The van der Waals surface area contributed by atoms with E-state index < -0.39 is 0 Å². The number of nitrogens with zero attached hydrogens (tertiary/aromatic N) is 3. The van der Waals surface area contributed by atoms with Crippen LogP contribution in [0.3, 0.4) is 0 Å². The van der Waals surface area contributed by atoms with E-state index in [0.29, 0.717) is 10.9 Å². The molecule has 0 N–H and O–H groups in total. The van der Waals surface area contributed by atoms with Gasteiger partial charge in [-0.1, -0.05) is 24.4 Å². The Bertz CT molecular complexity index is 486. The fourth-order valence-corrected chi connectivity index (χ4v) is 2.38. The average Bonchev–Trinajstić information content (AvgIpc) is 2.84. The van der Waals surface area contributed by atoms with Gasteiger partial charge in [0.05, 0.1) is 0 Å². The molecule has 0 aliphatic heterocycles. The van der Waals surface area contributed by atoms with Crippen molar-refractivity contribution in [1.82, 2.24) is 14.6 Å². The third kappa shape index (κ3) is 1.61. The number of hydrogen-bond donors (Lipinski definition) is 0. The largest absolute Gasteiger partial charge is 0.221 e. The van der Waals surface area contributed by atoms with E-state index in [1.807, 2.05) is 18.3 Å². The molecular weight excluding hydrogens is 210 g/mol. The second-order valence-electron chi connectivity index (χ2n) is 4.10. The maximum Gasteiger partial charge on any atom is 0.157 e. The molecule has 0 radical (unpaired) electrons. The van der Waals surface area contributed by atoms with Gasteiger partial charge in [0.2, 0.25) is 0 Å². The van der Waals surface area contributed by atoms with Crippen LogP contribution >= 0.6 is 11.6 Å². The summed E-state index contributed by atoms with van der Waals surface area (Å²) in [6.45, 7) is 0. The van der Waals surface area contributed by atoms with Gasteiger partial charge in [0.15, 0.2) is 11.5 Å². The molecule has 1 aliphatic rings. The van der Waals surface area contributed by atoms with Gasteiger partial charge in [-0.3, -0.25) is 0 Å². The minimum atomic E-state index is 0.559. The molecule has 2 aromatic rings. The average molecular weight is 222 g/mol. The summed E-state index contributed by atoms with van der Waals surface area (Å²) in [4.78, 5) is 4.52.